The Hall–Kier alpha value is -7.03. The van der Waals surface area contributed by atoms with Crippen molar-refractivity contribution in [1.29, 1.82) is 5.26 Å². The summed E-state index contributed by atoms with van der Waals surface area (Å²) in [6.45, 7) is 0. The molecule has 50 heavy (non-hydrogen) atoms. The molecule has 0 fully saturated rings. The average Bonchev–Trinajstić information content (AvgIpc) is 3.70. The highest BCUT2D eigenvalue weighted by atomic mass is 15.0. The van der Waals surface area contributed by atoms with Crippen LogP contribution in [0.25, 0.3) is 88.5 Å². The molecule has 3 heterocycles. The molecule has 3 aromatic heterocycles. The molecule has 10 aromatic rings. The van der Waals surface area contributed by atoms with Crippen molar-refractivity contribution in [3.05, 3.63) is 169 Å². The lowest BCUT2D eigenvalue weighted by atomic mass is 10.0. The summed E-state index contributed by atoms with van der Waals surface area (Å²) in [4.78, 5) is 10.3. The molecule has 0 aliphatic rings. The van der Waals surface area contributed by atoms with Crippen molar-refractivity contribution in [3.8, 4) is 40.1 Å². The molecule has 0 atom stereocenters. The Balaban J connectivity index is 1.12. The largest absolute Gasteiger partial charge is 0.309 e. The summed E-state index contributed by atoms with van der Waals surface area (Å²) in [5.41, 5.74) is 11.1. The zero-order chi connectivity index (χ0) is 33.2. The molecule has 0 N–H and O–H groups in total. The van der Waals surface area contributed by atoms with E-state index in [-0.39, 0.29) is 0 Å². The Morgan fingerprint density at radius 2 is 0.900 bits per heavy atom. The van der Waals surface area contributed by atoms with E-state index in [2.05, 4.69) is 143 Å². The Labute approximate surface area is 287 Å². The molecular formula is C45H27N5. The molecule has 0 saturated heterocycles. The van der Waals surface area contributed by atoms with Gasteiger partial charge >= 0.3 is 0 Å². The molecule has 232 valence electrons. The highest BCUT2D eigenvalue weighted by Gasteiger charge is 2.17. The van der Waals surface area contributed by atoms with Gasteiger partial charge in [0.15, 0.2) is 5.82 Å². The van der Waals surface area contributed by atoms with Crippen LogP contribution in [0.4, 0.5) is 0 Å². The third-order valence-electron chi connectivity index (χ3n) is 9.77. The highest BCUT2D eigenvalue weighted by molar-refractivity contribution is 6.11. The molecule has 0 unspecified atom stereocenters. The Bertz CT molecular complexity index is 2920. The summed E-state index contributed by atoms with van der Waals surface area (Å²) in [5.74, 6) is 0.688. The summed E-state index contributed by atoms with van der Waals surface area (Å²) in [5, 5.41) is 15.2. The first-order chi connectivity index (χ1) is 24.7. The lowest BCUT2D eigenvalue weighted by molar-refractivity contribution is 1.17. The molecule has 0 aliphatic heterocycles. The van der Waals surface area contributed by atoms with E-state index >= 15 is 0 Å². The van der Waals surface area contributed by atoms with Gasteiger partial charge in [-0.3, -0.25) is 0 Å². The zero-order valence-electron chi connectivity index (χ0n) is 26.8. The van der Waals surface area contributed by atoms with Crippen molar-refractivity contribution in [2.45, 2.75) is 0 Å². The van der Waals surface area contributed by atoms with Crippen LogP contribution in [0.15, 0.2) is 164 Å². The quantitative estimate of drug-likeness (QED) is 0.193. The number of fused-ring (bicyclic) bond motifs is 7. The second kappa shape index (κ2) is 11.0. The van der Waals surface area contributed by atoms with Crippen LogP contribution in [0.5, 0.6) is 0 Å². The normalized spacial score (nSPS) is 11.6. The Morgan fingerprint density at radius 1 is 0.420 bits per heavy atom. The van der Waals surface area contributed by atoms with Crippen molar-refractivity contribution in [1.82, 2.24) is 19.1 Å². The standard InChI is InChI=1S/C45H27N5/c46-28-29-17-22-32(23-18-29)50-42-16-8-4-11-36(42)38-27-31(21-26-43(38)50)44-37-12-1-5-13-39(37)47-45(48-44)30-19-24-33(25-20-30)49-40-14-6-2-9-34(40)35-10-3-7-15-41(35)49/h1-27H. The lowest BCUT2D eigenvalue weighted by Crippen LogP contribution is -1.97. The van der Waals surface area contributed by atoms with E-state index in [0.717, 1.165) is 60.9 Å². The Kier molecular flexibility index (Phi) is 6.17. The number of benzene rings is 7. The van der Waals surface area contributed by atoms with Crippen LogP contribution in [0, 0.1) is 11.3 Å². The maximum Gasteiger partial charge on any atom is 0.160 e. The minimum Gasteiger partial charge on any atom is -0.309 e. The van der Waals surface area contributed by atoms with Crippen molar-refractivity contribution in [2.75, 3.05) is 0 Å². The molecule has 0 aliphatic carbocycles. The van der Waals surface area contributed by atoms with E-state index in [1.54, 1.807) is 0 Å². The number of hydrogen-bond acceptors (Lipinski definition) is 3. The number of rotatable bonds is 4. The first-order valence-corrected chi connectivity index (χ1v) is 16.6. The number of para-hydroxylation sites is 4. The molecule has 5 nitrogen and oxygen atoms in total. The lowest BCUT2D eigenvalue weighted by Gasteiger charge is -2.12. The summed E-state index contributed by atoms with van der Waals surface area (Å²) >= 11 is 0. The van der Waals surface area contributed by atoms with Gasteiger partial charge in [-0.2, -0.15) is 5.26 Å². The van der Waals surface area contributed by atoms with Gasteiger partial charge in [0.05, 0.1) is 44.9 Å². The monoisotopic (exact) mass is 637 g/mol. The number of nitriles is 1. The number of hydrogen-bond donors (Lipinski definition) is 0. The van der Waals surface area contributed by atoms with Crippen LogP contribution in [0.1, 0.15) is 5.56 Å². The van der Waals surface area contributed by atoms with Crippen LogP contribution in [0.2, 0.25) is 0 Å². The molecule has 0 saturated carbocycles. The number of nitrogens with zero attached hydrogens (tertiary/aromatic N) is 5. The summed E-state index contributed by atoms with van der Waals surface area (Å²) in [6.07, 6.45) is 0. The maximum absolute atomic E-state index is 9.36. The van der Waals surface area contributed by atoms with Gasteiger partial charge in [0.2, 0.25) is 0 Å². The molecule has 7 aromatic carbocycles. The first kappa shape index (κ1) is 28.0. The van der Waals surface area contributed by atoms with Gasteiger partial charge in [0, 0.05) is 49.4 Å². The minimum absolute atomic E-state index is 0.643. The Morgan fingerprint density at radius 3 is 1.50 bits per heavy atom. The van der Waals surface area contributed by atoms with E-state index in [1.807, 2.05) is 36.4 Å². The van der Waals surface area contributed by atoms with Crippen LogP contribution in [-0.4, -0.2) is 19.1 Å². The second-order valence-corrected chi connectivity index (χ2v) is 12.6. The van der Waals surface area contributed by atoms with E-state index in [9.17, 15) is 5.26 Å². The van der Waals surface area contributed by atoms with Gasteiger partial charge in [-0.25, -0.2) is 9.97 Å². The molecular weight excluding hydrogens is 611 g/mol. The molecule has 5 heteroatoms. The van der Waals surface area contributed by atoms with Gasteiger partial charge in [0.25, 0.3) is 0 Å². The predicted molar refractivity (Wildman–Crippen MR) is 204 cm³/mol. The van der Waals surface area contributed by atoms with Crippen molar-refractivity contribution < 1.29 is 0 Å². The third-order valence-corrected chi connectivity index (χ3v) is 9.77. The highest BCUT2D eigenvalue weighted by Crippen LogP contribution is 2.37. The van der Waals surface area contributed by atoms with Gasteiger partial charge in [0.1, 0.15) is 0 Å². The summed E-state index contributed by atoms with van der Waals surface area (Å²) in [7, 11) is 0. The maximum atomic E-state index is 9.36. The SMILES string of the molecule is N#Cc1ccc(-n2c3ccccc3c3cc(-c4nc(-c5ccc(-n6c7ccccc7c7ccccc76)cc5)nc5ccccc45)ccc32)cc1. The van der Waals surface area contributed by atoms with Crippen molar-refractivity contribution in [2.24, 2.45) is 0 Å². The fourth-order valence-corrected chi connectivity index (χ4v) is 7.47. The fourth-order valence-electron chi connectivity index (χ4n) is 7.47. The first-order valence-electron chi connectivity index (χ1n) is 16.6. The van der Waals surface area contributed by atoms with Gasteiger partial charge < -0.3 is 9.13 Å². The second-order valence-electron chi connectivity index (χ2n) is 12.6. The van der Waals surface area contributed by atoms with E-state index in [1.165, 1.54) is 21.8 Å². The summed E-state index contributed by atoms with van der Waals surface area (Å²) in [6, 6.07) is 59.0. The van der Waals surface area contributed by atoms with E-state index in [0.29, 0.717) is 11.4 Å². The number of aromatic nitrogens is 4. The molecule has 0 radical (unpaired) electrons. The molecule has 0 bridgehead atoms. The van der Waals surface area contributed by atoms with Crippen LogP contribution < -0.4 is 0 Å². The predicted octanol–water partition coefficient (Wildman–Crippen LogP) is 11.0. The molecule has 0 spiro atoms. The average molecular weight is 638 g/mol. The van der Waals surface area contributed by atoms with E-state index in [4.69, 9.17) is 9.97 Å². The zero-order valence-corrected chi connectivity index (χ0v) is 26.8. The van der Waals surface area contributed by atoms with Gasteiger partial charge in [-0.15, -0.1) is 0 Å². The van der Waals surface area contributed by atoms with Gasteiger partial charge in [-0.05, 0) is 84.9 Å². The van der Waals surface area contributed by atoms with Crippen LogP contribution in [-0.2, 0) is 0 Å². The van der Waals surface area contributed by atoms with Crippen LogP contribution in [0.3, 0.4) is 0 Å². The smallest absolute Gasteiger partial charge is 0.160 e. The topological polar surface area (TPSA) is 59.4 Å². The summed E-state index contributed by atoms with van der Waals surface area (Å²) < 4.78 is 4.59. The third kappa shape index (κ3) is 4.26. The van der Waals surface area contributed by atoms with Crippen LogP contribution >= 0.6 is 0 Å². The van der Waals surface area contributed by atoms with E-state index < -0.39 is 0 Å². The fraction of sp³-hybridized carbons (Fsp3) is 0. The van der Waals surface area contributed by atoms with Crippen molar-refractivity contribution >= 4 is 54.5 Å². The molecule has 0 amide bonds. The molecule has 10 rings (SSSR count). The van der Waals surface area contributed by atoms with Crippen molar-refractivity contribution in [3.63, 3.8) is 0 Å². The minimum atomic E-state index is 0.643. The van der Waals surface area contributed by atoms with Gasteiger partial charge in [-0.1, -0.05) is 78.9 Å².